The molecule has 0 saturated heterocycles. The predicted octanol–water partition coefficient (Wildman–Crippen LogP) is 4.63. The Morgan fingerprint density at radius 3 is 2.48 bits per heavy atom. The highest BCUT2D eigenvalue weighted by atomic mass is 79.9. The van der Waals surface area contributed by atoms with Crippen molar-refractivity contribution in [2.45, 2.75) is 6.42 Å². The zero-order chi connectivity index (χ0) is 21.0. The smallest absolute Gasteiger partial charge is 0.331 e. The van der Waals surface area contributed by atoms with Crippen LogP contribution in [0.1, 0.15) is 12.0 Å². The predicted molar refractivity (Wildman–Crippen MR) is 116 cm³/mol. The molecule has 150 valence electrons. The van der Waals surface area contributed by atoms with E-state index in [-0.39, 0.29) is 24.5 Å². The second-order valence-corrected chi connectivity index (χ2v) is 7.79. The molecule has 0 aromatic heterocycles. The number of ether oxygens (including phenoxy) is 1. The first-order valence-electron chi connectivity index (χ1n) is 8.74. The second kappa shape index (κ2) is 9.35. The molecule has 2 aromatic carbocycles. The Kier molecular flexibility index (Phi) is 6.84. The fourth-order valence-corrected chi connectivity index (χ4v) is 3.37. The van der Waals surface area contributed by atoms with E-state index >= 15 is 0 Å². The minimum Gasteiger partial charge on any atom is -0.478 e. The van der Waals surface area contributed by atoms with Gasteiger partial charge in [0, 0.05) is 22.2 Å². The molecule has 1 atom stereocenters. The molecule has 29 heavy (non-hydrogen) atoms. The maximum Gasteiger partial charge on any atom is 0.331 e. The third kappa shape index (κ3) is 5.12. The molecule has 0 fully saturated rings. The summed E-state index contributed by atoms with van der Waals surface area (Å²) < 4.78 is 6.06. The fourth-order valence-electron chi connectivity index (χ4n) is 2.98. The second-order valence-electron chi connectivity index (χ2n) is 6.43. The van der Waals surface area contributed by atoms with Crippen LogP contribution in [0.25, 0.3) is 6.08 Å². The van der Waals surface area contributed by atoms with Crippen LogP contribution in [0.2, 0.25) is 5.02 Å². The highest BCUT2D eigenvalue weighted by Gasteiger charge is 2.37. The molecule has 1 N–H and O–H groups in total. The van der Waals surface area contributed by atoms with Crippen molar-refractivity contribution in [3.63, 3.8) is 0 Å². The first-order valence-corrected chi connectivity index (χ1v) is 9.91. The molecule has 1 heterocycles. The van der Waals surface area contributed by atoms with Crippen molar-refractivity contribution >= 4 is 56.9 Å². The van der Waals surface area contributed by atoms with Crippen molar-refractivity contribution in [3.05, 3.63) is 69.2 Å². The molecular weight excluding hydrogens is 460 g/mol. The van der Waals surface area contributed by atoms with Gasteiger partial charge in [-0.25, -0.2) is 9.80 Å². The van der Waals surface area contributed by atoms with Crippen molar-refractivity contribution in [3.8, 4) is 0 Å². The lowest BCUT2D eigenvalue weighted by atomic mass is 9.93. The zero-order valence-electron chi connectivity index (χ0n) is 15.5. The maximum absolute atomic E-state index is 13.0. The van der Waals surface area contributed by atoms with Gasteiger partial charge in [0.15, 0.2) is 0 Å². The van der Waals surface area contributed by atoms with Gasteiger partial charge in [0.1, 0.15) is 0 Å². The number of carboxylic acids is 1. The van der Waals surface area contributed by atoms with Gasteiger partial charge in [0.2, 0.25) is 0 Å². The molecule has 6 nitrogen and oxygen atoms in total. The van der Waals surface area contributed by atoms with Crippen LogP contribution in [-0.2, 0) is 14.3 Å². The van der Waals surface area contributed by atoms with Gasteiger partial charge in [-0.3, -0.25) is 4.79 Å². The van der Waals surface area contributed by atoms with Crippen LogP contribution in [-0.4, -0.2) is 36.4 Å². The third-order valence-electron chi connectivity index (χ3n) is 4.41. The normalized spacial score (nSPS) is 16.9. The minimum absolute atomic E-state index is 0.00597. The summed E-state index contributed by atoms with van der Waals surface area (Å²) in [7, 11) is 1.51. The monoisotopic (exact) mass is 476 g/mol. The Bertz CT molecular complexity index is 971. The van der Waals surface area contributed by atoms with E-state index in [9.17, 15) is 14.7 Å². The molecule has 1 amide bonds. The SMILES string of the molecule is COCC1=NN(c2ccc(Br)cc2)C(=O)C1CC(=Cc1ccc(Cl)cc1)C(=O)O. The van der Waals surface area contributed by atoms with Gasteiger partial charge in [-0.15, -0.1) is 0 Å². The van der Waals surface area contributed by atoms with Crippen molar-refractivity contribution in [2.75, 3.05) is 18.7 Å². The number of hydrazone groups is 1. The Hall–Kier alpha value is -2.48. The summed E-state index contributed by atoms with van der Waals surface area (Å²) in [5.74, 6) is -2.09. The third-order valence-corrected chi connectivity index (χ3v) is 5.19. The molecule has 8 heteroatoms. The van der Waals surface area contributed by atoms with Crippen molar-refractivity contribution in [1.29, 1.82) is 0 Å². The molecule has 3 rings (SSSR count). The van der Waals surface area contributed by atoms with E-state index in [1.165, 1.54) is 12.1 Å². The molecule has 1 aliphatic rings. The Morgan fingerprint density at radius 1 is 1.24 bits per heavy atom. The van der Waals surface area contributed by atoms with E-state index in [1.54, 1.807) is 42.5 Å². The summed E-state index contributed by atoms with van der Waals surface area (Å²) in [5.41, 5.74) is 1.89. The van der Waals surface area contributed by atoms with Gasteiger partial charge in [0.05, 0.1) is 23.9 Å². The van der Waals surface area contributed by atoms with Gasteiger partial charge >= 0.3 is 5.97 Å². The number of benzene rings is 2. The van der Waals surface area contributed by atoms with E-state index in [2.05, 4.69) is 21.0 Å². The number of rotatable bonds is 7. The number of hydrogen-bond donors (Lipinski definition) is 1. The van der Waals surface area contributed by atoms with Gasteiger partial charge in [-0.2, -0.15) is 5.10 Å². The highest BCUT2D eigenvalue weighted by Crippen LogP contribution is 2.29. The number of nitrogens with zero attached hydrogens (tertiary/aromatic N) is 2. The van der Waals surface area contributed by atoms with E-state index < -0.39 is 11.9 Å². The molecule has 0 bridgehead atoms. The molecule has 1 aliphatic heterocycles. The van der Waals surface area contributed by atoms with E-state index in [1.807, 2.05) is 12.1 Å². The van der Waals surface area contributed by atoms with Crippen LogP contribution in [0.15, 0.2) is 63.7 Å². The Balaban J connectivity index is 1.89. The Labute approximate surface area is 181 Å². The quantitative estimate of drug-likeness (QED) is 0.590. The maximum atomic E-state index is 13.0. The van der Waals surface area contributed by atoms with Crippen LogP contribution >= 0.6 is 27.5 Å². The Morgan fingerprint density at radius 2 is 1.90 bits per heavy atom. The summed E-state index contributed by atoms with van der Waals surface area (Å²) in [6, 6.07) is 14.0. The first kappa shape index (κ1) is 21.2. The van der Waals surface area contributed by atoms with Crippen molar-refractivity contribution in [1.82, 2.24) is 0 Å². The van der Waals surface area contributed by atoms with Gasteiger partial charge < -0.3 is 9.84 Å². The molecule has 0 saturated carbocycles. The van der Waals surface area contributed by atoms with E-state index in [0.29, 0.717) is 22.0 Å². The lowest BCUT2D eigenvalue weighted by Gasteiger charge is -2.15. The van der Waals surface area contributed by atoms with Crippen LogP contribution in [0.3, 0.4) is 0 Å². The standard InChI is InChI=1S/C21H18BrClN2O4/c1-29-12-19-18(20(26)25(24-19)17-8-4-15(22)5-9-17)11-14(21(27)28)10-13-2-6-16(23)7-3-13/h2-10,18H,11-12H2,1H3,(H,27,28). The average Bonchev–Trinajstić information content (AvgIpc) is 2.99. The summed E-state index contributed by atoms with van der Waals surface area (Å²) >= 11 is 9.25. The summed E-state index contributed by atoms with van der Waals surface area (Å²) in [6.45, 7) is 0.136. The van der Waals surface area contributed by atoms with Gasteiger partial charge in [-0.1, -0.05) is 39.7 Å². The molecule has 1 unspecified atom stereocenters. The lowest BCUT2D eigenvalue weighted by molar-refractivity contribution is -0.132. The number of carboxylic acid groups (broad SMARTS) is 1. The minimum atomic E-state index is -1.09. The lowest BCUT2D eigenvalue weighted by Crippen LogP contribution is -2.29. The molecule has 0 spiro atoms. The molecule has 0 aliphatic carbocycles. The number of aliphatic carboxylic acids is 1. The number of methoxy groups -OCH3 is 1. The number of anilines is 1. The van der Waals surface area contributed by atoms with Gasteiger partial charge in [-0.05, 0) is 54.5 Å². The van der Waals surface area contributed by atoms with E-state index in [4.69, 9.17) is 16.3 Å². The van der Waals surface area contributed by atoms with E-state index in [0.717, 1.165) is 4.47 Å². The zero-order valence-corrected chi connectivity index (χ0v) is 17.9. The van der Waals surface area contributed by atoms with Crippen LogP contribution in [0, 0.1) is 5.92 Å². The summed E-state index contributed by atoms with van der Waals surface area (Å²) in [6.07, 6.45) is 1.55. The van der Waals surface area contributed by atoms with Crippen molar-refractivity contribution < 1.29 is 19.4 Å². The van der Waals surface area contributed by atoms with Crippen LogP contribution < -0.4 is 5.01 Å². The number of carbonyl (C=O) groups excluding carboxylic acids is 1. The number of halogens is 2. The summed E-state index contributed by atoms with van der Waals surface area (Å²) in [4.78, 5) is 24.9. The largest absolute Gasteiger partial charge is 0.478 e. The number of carbonyl (C=O) groups is 2. The average molecular weight is 478 g/mol. The van der Waals surface area contributed by atoms with Crippen LogP contribution in [0.5, 0.6) is 0 Å². The number of amides is 1. The summed E-state index contributed by atoms with van der Waals surface area (Å²) in [5, 5.41) is 15.9. The molecule has 0 radical (unpaired) electrons. The molecular formula is C21H18BrClN2O4. The van der Waals surface area contributed by atoms with Crippen molar-refractivity contribution in [2.24, 2.45) is 11.0 Å². The van der Waals surface area contributed by atoms with Crippen LogP contribution in [0.4, 0.5) is 5.69 Å². The molecule has 2 aromatic rings. The topological polar surface area (TPSA) is 79.2 Å². The highest BCUT2D eigenvalue weighted by molar-refractivity contribution is 9.10. The first-order chi connectivity index (χ1) is 13.9. The number of hydrogen-bond acceptors (Lipinski definition) is 4. The fraction of sp³-hybridized carbons (Fsp3) is 0.190. The van der Waals surface area contributed by atoms with Gasteiger partial charge in [0.25, 0.3) is 5.91 Å².